The van der Waals surface area contributed by atoms with Crippen LogP contribution in [-0.4, -0.2) is 71.9 Å². The van der Waals surface area contributed by atoms with Gasteiger partial charge in [-0.05, 0) is 103 Å². The van der Waals surface area contributed by atoms with Crippen molar-refractivity contribution in [2.75, 3.05) is 37.6 Å². The first-order chi connectivity index (χ1) is 21.1. The molecule has 3 aromatic rings. The number of hydrogen-bond donors (Lipinski definition) is 3. The fraction of sp³-hybridized carbons (Fsp3) is 0.406. The number of aromatic nitrogens is 1. The first-order valence-corrected chi connectivity index (χ1v) is 15.5. The molecule has 234 valence electrons. The minimum Gasteiger partial charge on any atom is -0.465 e. The van der Waals surface area contributed by atoms with Crippen LogP contribution in [0.5, 0.6) is 11.5 Å². The number of anilines is 1. The van der Waals surface area contributed by atoms with Crippen LogP contribution in [-0.2, 0) is 11.3 Å². The molecule has 2 atom stereocenters. The summed E-state index contributed by atoms with van der Waals surface area (Å²) in [4.78, 5) is 30.9. The molecule has 0 radical (unpaired) electrons. The maximum atomic E-state index is 14.6. The molecule has 9 nitrogen and oxygen atoms in total. The standard InChI is InChI=1S/C32H36Cl2FN5O4/c1-20(41)36-16-21-4-7-39(8-5-21)18-22-10-23(24-12-25(33)15-26(34)13-24)14-28(11-22)44-27-2-3-31(37-17-27)40-9-6-30(29(35)19-40)38-32(42)43/h2-3,10-15,17,21,29-30,38H,4-9,16,18-19H2,1H3,(H,36,41)(H,42,43). The van der Waals surface area contributed by atoms with Gasteiger partial charge in [0.2, 0.25) is 5.91 Å². The molecule has 2 saturated heterocycles. The van der Waals surface area contributed by atoms with Crippen LogP contribution in [0.2, 0.25) is 10.0 Å². The van der Waals surface area contributed by atoms with Crippen LogP contribution in [0, 0.1) is 5.92 Å². The molecule has 2 amide bonds. The predicted octanol–water partition coefficient (Wildman–Crippen LogP) is 6.38. The number of piperidine rings is 2. The lowest BCUT2D eigenvalue weighted by Gasteiger charge is -2.35. The van der Waals surface area contributed by atoms with Gasteiger partial charge in [-0.2, -0.15) is 0 Å². The number of hydrogen-bond acceptors (Lipinski definition) is 6. The van der Waals surface area contributed by atoms with Gasteiger partial charge >= 0.3 is 6.09 Å². The number of ether oxygens (including phenoxy) is 1. The monoisotopic (exact) mass is 643 g/mol. The lowest BCUT2D eigenvalue weighted by Crippen LogP contribution is -2.52. The van der Waals surface area contributed by atoms with Crippen molar-refractivity contribution in [2.24, 2.45) is 5.92 Å². The largest absolute Gasteiger partial charge is 0.465 e. The Morgan fingerprint density at radius 1 is 1.00 bits per heavy atom. The summed E-state index contributed by atoms with van der Waals surface area (Å²) in [5, 5.41) is 15.2. The number of benzene rings is 2. The minimum absolute atomic E-state index is 0.00583. The van der Waals surface area contributed by atoms with Gasteiger partial charge in [0.15, 0.2) is 0 Å². The van der Waals surface area contributed by atoms with E-state index >= 15 is 0 Å². The molecule has 12 heteroatoms. The van der Waals surface area contributed by atoms with E-state index in [0.717, 1.165) is 49.2 Å². The number of alkyl halides is 1. The number of likely N-dealkylation sites (tertiary alicyclic amines) is 1. The zero-order valence-corrected chi connectivity index (χ0v) is 26.0. The topological polar surface area (TPSA) is 107 Å². The Kier molecular flexibility index (Phi) is 10.5. The highest BCUT2D eigenvalue weighted by molar-refractivity contribution is 6.35. The second-order valence-corrected chi connectivity index (χ2v) is 12.3. The molecule has 2 unspecified atom stereocenters. The van der Waals surface area contributed by atoms with Gasteiger partial charge in [0, 0.05) is 36.6 Å². The highest BCUT2D eigenvalue weighted by Gasteiger charge is 2.31. The highest BCUT2D eigenvalue weighted by Crippen LogP contribution is 2.34. The van der Waals surface area contributed by atoms with Crippen molar-refractivity contribution < 1.29 is 23.8 Å². The fourth-order valence-electron chi connectivity index (χ4n) is 5.78. The molecular weight excluding hydrogens is 608 g/mol. The minimum atomic E-state index is -1.33. The summed E-state index contributed by atoms with van der Waals surface area (Å²) in [6.07, 6.45) is 1.43. The van der Waals surface area contributed by atoms with E-state index in [0.29, 0.717) is 52.8 Å². The molecule has 0 spiro atoms. The first kappa shape index (κ1) is 31.8. The second kappa shape index (κ2) is 14.5. The van der Waals surface area contributed by atoms with Crippen LogP contribution in [0.25, 0.3) is 11.1 Å². The number of halogens is 3. The van der Waals surface area contributed by atoms with Gasteiger partial charge in [0.25, 0.3) is 0 Å². The molecule has 2 aromatic carbocycles. The first-order valence-electron chi connectivity index (χ1n) is 14.7. The lowest BCUT2D eigenvalue weighted by molar-refractivity contribution is -0.119. The van der Waals surface area contributed by atoms with E-state index in [2.05, 4.69) is 26.6 Å². The number of amides is 2. The van der Waals surface area contributed by atoms with E-state index in [1.165, 1.54) is 0 Å². The second-order valence-electron chi connectivity index (χ2n) is 11.4. The van der Waals surface area contributed by atoms with Crippen molar-refractivity contribution in [3.8, 4) is 22.6 Å². The summed E-state index contributed by atoms with van der Waals surface area (Å²) >= 11 is 12.7. The van der Waals surface area contributed by atoms with Gasteiger partial charge in [-0.3, -0.25) is 9.69 Å². The highest BCUT2D eigenvalue weighted by atomic mass is 35.5. The number of carbonyl (C=O) groups excluding carboxylic acids is 1. The Morgan fingerprint density at radius 3 is 2.36 bits per heavy atom. The smallest absolute Gasteiger partial charge is 0.404 e. The molecular formula is C32H36Cl2FN5O4. The van der Waals surface area contributed by atoms with Gasteiger partial charge in [-0.25, -0.2) is 14.2 Å². The lowest BCUT2D eigenvalue weighted by atomic mass is 9.96. The summed E-state index contributed by atoms with van der Waals surface area (Å²) in [6.45, 7) is 5.40. The quantitative estimate of drug-likeness (QED) is 0.248. The van der Waals surface area contributed by atoms with Gasteiger partial charge < -0.3 is 25.4 Å². The van der Waals surface area contributed by atoms with Crippen LogP contribution >= 0.6 is 23.2 Å². The number of rotatable bonds is 9. The van der Waals surface area contributed by atoms with Crippen molar-refractivity contribution >= 4 is 41.0 Å². The zero-order chi connectivity index (χ0) is 31.2. The van der Waals surface area contributed by atoms with E-state index in [9.17, 15) is 14.0 Å². The summed E-state index contributed by atoms with van der Waals surface area (Å²) in [5.41, 5.74) is 2.86. The van der Waals surface area contributed by atoms with Gasteiger partial charge in [-0.15, -0.1) is 0 Å². The van der Waals surface area contributed by atoms with E-state index < -0.39 is 18.3 Å². The third-order valence-electron chi connectivity index (χ3n) is 8.05. The fourth-order valence-corrected chi connectivity index (χ4v) is 6.31. The number of pyridine rings is 1. The SMILES string of the molecule is CC(=O)NCC1CCN(Cc2cc(Oc3ccc(N4CCC(NC(=O)O)C(F)C4)nc3)cc(-c3cc(Cl)cc(Cl)c3)c2)CC1. The van der Waals surface area contributed by atoms with Crippen LogP contribution in [0.1, 0.15) is 31.7 Å². The number of carbonyl (C=O) groups is 2. The van der Waals surface area contributed by atoms with E-state index in [4.69, 9.17) is 33.0 Å². The molecule has 0 aliphatic carbocycles. The molecule has 5 rings (SSSR count). The Hall–Kier alpha value is -3.60. The molecule has 2 fully saturated rings. The Balaban J connectivity index is 1.30. The Bertz CT molecular complexity index is 1450. The number of nitrogens with zero attached hydrogens (tertiary/aromatic N) is 3. The molecule has 0 saturated carbocycles. The maximum absolute atomic E-state index is 14.6. The van der Waals surface area contributed by atoms with Crippen molar-refractivity contribution in [1.82, 2.24) is 20.5 Å². The van der Waals surface area contributed by atoms with Gasteiger partial charge in [-0.1, -0.05) is 23.2 Å². The molecule has 44 heavy (non-hydrogen) atoms. The van der Waals surface area contributed by atoms with Crippen LogP contribution in [0.3, 0.4) is 0 Å². The molecule has 3 heterocycles. The van der Waals surface area contributed by atoms with Crippen molar-refractivity contribution in [3.05, 3.63) is 70.3 Å². The third kappa shape index (κ3) is 8.74. The van der Waals surface area contributed by atoms with Gasteiger partial charge in [0.05, 0.1) is 18.8 Å². The molecule has 1 aromatic heterocycles. The molecule has 2 aliphatic rings. The molecule has 0 bridgehead atoms. The summed E-state index contributed by atoms with van der Waals surface area (Å²) in [6, 6.07) is 14.4. The maximum Gasteiger partial charge on any atom is 0.404 e. The van der Waals surface area contributed by atoms with Crippen molar-refractivity contribution in [2.45, 2.75) is 44.9 Å². The Labute approximate surface area is 266 Å². The van der Waals surface area contributed by atoms with E-state index in [-0.39, 0.29) is 12.5 Å². The zero-order valence-electron chi connectivity index (χ0n) is 24.4. The van der Waals surface area contributed by atoms with Crippen LogP contribution < -0.4 is 20.3 Å². The number of nitrogens with one attached hydrogen (secondary N) is 2. The van der Waals surface area contributed by atoms with E-state index in [1.807, 2.05) is 24.3 Å². The third-order valence-corrected chi connectivity index (χ3v) is 8.48. The predicted molar refractivity (Wildman–Crippen MR) is 170 cm³/mol. The van der Waals surface area contributed by atoms with Gasteiger partial charge in [0.1, 0.15) is 23.5 Å². The normalized spacial score (nSPS) is 19.4. The average molecular weight is 645 g/mol. The van der Waals surface area contributed by atoms with E-state index in [1.54, 1.807) is 36.2 Å². The molecule has 3 N–H and O–H groups in total. The number of carboxylic acid groups (broad SMARTS) is 1. The van der Waals surface area contributed by atoms with Crippen LogP contribution in [0.15, 0.2) is 54.7 Å². The summed E-state index contributed by atoms with van der Waals surface area (Å²) in [7, 11) is 0. The summed E-state index contributed by atoms with van der Waals surface area (Å²) < 4.78 is 20.8. The summed E-state index contributed by atoms with van der Waals surface area (Å²) in [5.74, 6) is 2.24. The average Bonchev–Trinajstić information content (AvgIpc) is 2.97. The van der Waals surface area contributed by atoms with Crippen molar-refractivity contribution in [1.29, 1.82) is 0 Å². The Morgan fingerprint density at radius 2 is 1.73 bits per heavy atom. The van der Waals surface area contributed by atoms with Crippen LogP contribution in [0.4, 0.5) is 15.0 Å². The van der Waals surface area contributed by atoms with Crippen molar-refractivity contribution in [3.63, 3.8) is 0 Å². The molecule has 2 aliphatic heterocycles.